The Balaban J connectivity index is 1.71. The molecule has 0 radical (unpaired) electrons. The maximum Gasteiger partial charge on any atom is 0.341 e. The molecule has 7 nitrogen and oxygen atoms in total. The predicted octanol–water partition coefficient (Wildman–Crippen LogP) is 4.29. The van der Waals surface area contributed by atoms with E-state index < -0.39 is 11.4 Å². The van der Waals surface area contributed by atoms with Gasteiger partial charge in [0.2, 0.25) is 11.3 Å². The Labute approximate surface area is 188 Å². The number of amides is 1. The Morgan fingerprint density at radius 2 is 2.03 bits per heavy atom. The summed E-state index contributed by atoms with van der Waals surface area (Å²) in [6.45, 7) is 1.54. The lowest BCUT2D eigenvalue weighted by Gasteiger charge is -2.22. The second kappa shape index (κ2) is 7.78. The minimum Gasteiger partial charge on any atom is -0.494 e. The van der Waals surface area contributed by atoms with E-state index in [1.54, 1.807) is 24.5 Å². The molecule has 1 fully saturated rings. The number of fused-ring (bicyclic) bond motifs is 2. The average Bonchev–Trinajstić information content (AvgIpc) is 3.50. The zero-order valence-electron chi connectivity index (χ0n) is 17.9. The van der Waals surface area contributed by atoms with Crippen LogP contribution in [-0.2, 0) is 11.2 Å². The number of carbonyl (C=O) groups excluding carboxylic acids is 1. The molecule has 8 heteroatoms. The van der Waals surface area contributed by atoms with Crippen molar-refractivity contribution < 1.29 is 19.4 Å². The number of aromatic carboxylic acids is 1. The summed E-state index contributed by atoms with van der Waals surface area (Å²) in [6.07, 6.45) is 6.25. The van der Waals surface area contributed by atoms with Crippen LogP contribution < -0.4 is 15.5 Å². The number of benzene rings is 1. The monoisotopic (exact) mass is 452 g/mol. The number of carbonyl (C=O) groups is 2. The second-order valence-electron chi connectivity index (χ2n) is 8.49. The van der Waals surface area contributed by atoms with Gasteiger partial charge in [-0.15, -0.1) is 11.3 Å². The van der Waals surface area contributed by atoms with Gasteiger partial charge in [-0.2, -0.15) is 0 Å². The topological polar surface area (TPSA) is 97.6 Å². The molecule has 3 aromatic rings. The molecule has 2 heterocycles. The summed E-state index contributed by atoms with van der Waals surface area (Å²) in [5.41, 5.74) is 1.95. The van der Waals surface area contributed by atoms with Gasteiger partial charge in [0, 0.05) is 34.5 Å². The minimum absolute atomic E-state index is 0.00969. The Morgan fingerprint density at radius 3 is 2.69 bits per heavy atom. The Kier molecular flexibility index (Phi) is 5.04. The zero-order valence-corrected chi connectivity index (χ0v) is 18.8. The number of thiophene rings is 1. The van der Waals surface area contributed by atoms with Crippen LogP contribution in [0.2, 0.25) is 0 Å². The maximum atomic E-state index is 12.9. The molecule has 2 aromatic heterocycles. The van der Waals surface area contributed by atoms with Gasteiger partial charge in [0.25, 0.3) is 0 Å². The number of hydrogen-bond donors (Lipinski definition) is 2. The van der Waals surface area contributed by atoms with E-state index in [2.05, 4.69) is 11.4 Å². The molecular weight excluding hydrogens is 428 g/mol. The Morgan fingerprint density at radius 1 is 1.25 bits per heavy atom. The van der Waals surface area contributed by atoms with Gasteiger partial charge >= 0.3 is 5.97 Å². The van der Waals surface area contributed by atoms with Crippen LogP contribution in [0.15, 0.2) is 29.2 Å². The molecule has 2 aliphatic carbocycles. The van der Waals surface area contributed by atoms with Gasteiger partial charge in [-0.3, -0.25) is 9.59 Å². The number of aromatic nitrogens is 1. The molecule has 0 bridgehead atoms. The summed E-state index contributed by atoms with van der Waals surface area (Å²) in [7, 11) is 1.58. The molecule has 0 saturated heterocycles. The molecule has 1 saturated carbocycles. The highest BCUT2D eigenvalue weighted by atomic mass is 32.1. The van der Waals surface area contributed by atoms with E-state index in [4.69, 9.17) is 4.74 Å². The normalized spacial score (nSPS) is 17.8. The first-order chi connectivity index (χ1) is 15.4. The smallest absolute Gasteiger partial charge is 0.341 e. The van der Waals surface area contributed by atoms with Gasteiger partial charge < -0.3 is 19.7 Å². The predicted molar refractivity (Wildman–Crippen MR) is 123 cm³/mol. The number of aryl methyl sites for hydroxylation is 1. The number of rotatable bonds is 5. The van der Waals surface area contributed by atoms with Crippen LogP contribution in [0.3, 0.4) is 0 Å². The molecule has 0 aliphatic heterocycles. The first-order valence-electron chi connectivity index (χ1n) is 10.8. The molecule has 1 aromatic carbocycles. The summed E-state index contributed by atoms with van der Waals surface area (Å²) in [5, 5.41) is 12.9. The number of carboxylic acids is 1. The van der Waals surface area contributed by atoms with Crippen molar-refractivity contribution in [1.29, 1.82) is 0 Å². The number of hydrogen-bond acceptors (Lipinski definition) is 5. The van der Waals surface area contributed by atoms with E-state index in [9.17, 15) is 19.5 Å². The molecular formula is C24H24N2O5S. The standard InChI is InChI=1S/C24H24N2O5S/c1-12(27)25-18-4-3-5-19-16(18)10-20(32-19)14-8-9-15-21(23(14)31-2)26(13-6-7-13)11-17(22(15)28)24(29)30/h8-11,13,18H,3-7H2,1-2H3,(H,25,27)(H,29,30). The first kappa shape index (κ1) is 20.8. The van der Waals surface area contributed by atoms with Gasteiger partial charge in [0.05, 0.1) is 24.1 Å². The van der Waals surface area contributed by atoms with Crippen LogP contribution in [0, 0.1) is 0 Å². The Bertz CT molecular complexity index is 1320. The average molecular weight is 453 g/mol. The second-order valence-corrected chi connectivity index (χ2v) is 9.63. The highest BCUT2D eigenvalue weighted by molar-refractivity contribution is 7.15. The third-order valence-electron chi connectivity index (χ3n) is 6.28. The quantitative estimate of drug-likeness (QED) is 0.602. The van der Waals surface area contributed by atoms with E-state index in [1.807, 2.05) is 10.6 Å². The molecule has 1 atom stereocenters. The van der Waals surface area contributed by atoms with E-state index in [-0.39, 0.29) is 23.6 Å². The number of methoxy groups -OCH3 is 1. The SMILES string of the molecule is COc1c(-c2cc3c(s2)CCCC3NC(C)=O)ccc2c(=O)c(C(=O)O)cn(C3CC3)c12. The lowest BCUT2D eigenvalue weighted by atomic mass is 9.93. The first-order valence-corrected chi connectivity index (χ1v) is 11.6. The molecule has 0 spiro atoms. The van der Waals surface area contributed by atoms with Crippen molar-refractivity contribution in [2.75, 3.05) is 7.11 Å². The number of pyridine rings is 1. The van der Waals surface area contributed by atoms with Gasteiger partial charge in [0.15, 0.2) is 5.75 Å². The molecule has 5 rings (SSSR count). The van der Waals surface area contributed by atoms with Gasteiger partial charge in [-0.25, -0.2) is 4.79 Å². The summed E-state index contributed by atoms with van der Waals surface area (Å²) in [4.78, 5) is 38.5. The van der Waals surface area contributed by atoms with Crippen molar-refractivity contribution in [3.8, 4) is 16.2 Å². The molecule has 32 heavy (non-hydrogen) atoms. The molecule has 1 amide bonds. The van der Waals surface area contributed by atoms with E-state index >= 15 is 0 Å². The number of nitrogens with one attached hydrogen (secondary N) is 1. The highest BCUT2D eigenvalue weighted by Gasteiger charge is 2.30. The van der Waals surface area contributed by atoms with Gasteiger partial charge in [-0.05, 0) is 55.9 Å². The van der Waals surface area contributed by atoms with E-state index in [0.29, 0.717) is 16.7 Å². The van der Waals surface area contributed by atoms with Gasteiger partial charge in [0.1, 0.15) is 5.56 Å². The summed E-state index contributed by atoms with van der Waals surface area (Å²) in [6, 6.07) is 5.85. The van der Waals surface area contributed by atoms with Crippen LogP contribution in [0.1, 0.15) is 65.5 Å². The van der Waals surface area contributed by atoms with Crippen molar-refractivity contribution in [3.05, 3.63) is 50.6 Å². The van der Waals surface area contributed by atoms with Crippen LogP contribution in [0.4, 0.5) is 0 Å². The number of ether oxygens (including phenoxy) is 1. The van der Waals surface area contributed by atoms with Crippen molar-refractivity contribution in [1.82, 2.24) is 9.88 Å². The molecule has 2 aliphatic rings. The third kappa shape index (κ3) is 3.39. The fourth-order valence-electron chi connectivity index (χ4n) is 4.70. The van der Waals surface area contributed by atoms with Crippen molar-refractivity contribution >= 4 is 34.1 Å². The molecule has 1 unspecified atom stereocenters. The largest absolute Gasteiger partial charge is 0.494 e. The fraction of sp³-hybridized carbons (Fsp3) is 0.375. The van der Waals surface area contributed by atoms with Crippen molar-refractivity contribution in [3.63, 3.8) is 0 Å². The van der Waals surface area contributed by atoms with Gasteiger partial charge in [-0.1, -0.05) is 0 Å². The highest BCUT2D eigenvalue weighted by Crippen LogP contribution is 2.46. The lowest BCUT2D eigenvalue weighted by Crippen LogP contribution is -2.28. The Hall–Kier alpha value is -3.13. The van der Waals surface area contributed by atoms with Crippen LogP contribution in [0.5, 0.6) is 5.75 Å². The fourth-order valence-corrected chi connectivity index (χ4v) is 5.98. The third-order valence-corrected chi connectivity index (χ3v) is 7.52. The minimum atomic E-state index is -1.22. The zero-order chi connectivity index (χ0) is 22.6. The van der Waals surface area contributed by atoms with E-state index in [0.717, 1.165) is 48.1 Å². The summed E-state index contributed by atoms with van der Waals surface area (Å²) >= 11 is 1.69. The van der Waals surface area contributed by atoms with Crippen LogP contribution >= 0.6 is 11.3 Å². The van der Waals surface area contributed by atoms with Crippen molar-refractivity contribution in [2.24, 2.45) is 0 Å². The molecule has 166 valence electrons. The van der Waals surface area contributed by atoms with Crippen LogP contribution in [-0.4, -0.2) is 28.7 Å². The lowest BCUT2D eigenvalue weighted by molar-refractivity contribution is -0.119. The van der Waals surface area contributed by atoms with Crippen LogP contribution in [0.25, 0.3) is 21.3 Å². The summed E-state index contributed by atoms with van der Waals surface area (Å²) < 4.78 is 7.74. The molecule has 2 N–H and O–H groups in total. The van der Waals surface area contributed by atoms with E-state index in [1.165, 1.54) is 18.0 Å². The number of carboxylic acid groups (broad SMARTS) is 1. The number of nitrogens with zero attached hydrogens (tertiary/aromatic N) is 1. The van der Waals surface area contributed by atoms with Crippen molar-refractivity contribution in [2.45, 2.75) is 51.1 Å². The summed E-state index contributed by atoms with van der Waals surface area (Å²) in [5.74, 6) is -0.677. The maximum absolute atomic E-state index is 12.9.